The lowest BCUT2D eigenvalue weighted by Gasteiger charge is -2.34. The van der Waals surface area contributed by atoms with E-state index < -0.39 is 22.0 Å². The number of nitrogens with one attached hydrogen (secondary N) is 1. The van der Waals surface area contributed by atoms with Gasteiger partial charge in [0.1, 0.15) is 5.75 Å². The van der Waals surface area contributed by atoms with Gasteiger partial charge in [-0.1, -0.05) is 27.5 Å². The van der Waals surface area contributed by atoms with Crippen LogP contribution in [0.1, 0.15) is 0 Å². The van der Waals surface area contributed by atoms with Crippen molar-refractivity contribution in [1.29, 1.82) is 0 Å². The molecule has 2 aromatic carbocycles. The Morgan fingerprint density at radius 3 is 2.60 bits per heavy atom. The predicted molar refractivity (Wildman–Crippen MR) is 101 cm³/mol. The maximum Gasteiger partial charge on any atom is 0.267 e. The minimum Gasteiger partial charge on any atom is -0.476 e. The minimum absolute atomic E-state index is 0.130. The zero-order chi connectivity index (χ0) is 18.2. The summed E-state index contributed by atoms with van der Waals surface area (Å²) in [4.78, 5) is 12.5. The first-order valence-electron chi connectivity index (χ1n) is 7.24. The van der Waals surface area contributed by atoms with Crippen LogP contribution in [0.2, 0.25) is 5.02 Å². The molecule has 1 unspecified atom stereocenters. The highest BCUT2D eigenvalue weighted by atomic mass is 79.9. The molecule has 9 heteroatoms. The van der Waals surface area contributed by atoms with Gasteiger partial charge in [0.25, 0.3) is 5.91 Å². The first-order chi connectivity index (χ1) is 11.7. The number of ether oxygens (including phenoxy) is 1. The summed E-state index contributed by atoms with van der Waals surface area (Å²) in [5.74, 6) is -0.145. The summed E-state index contributed by atoms with van der Waals surface area (Å²) in [5, 5.41) is 3.10. The third-order valence-corrected chi connectivity index (χ3v) is 5.51. The summed E-state index contributed by atoms with van der Waals surface area (Å²) >= 11 is 9.27. The maximum absolute atomic E-state index is 12.5. The van der Waals surface area contributed by atoms with Crippen LogP contribution in [0.5, 0.6) is 5.75 Å². The van der Waals surface area contributed by atoms with Gasteiger partial charge < -0.3 is 10.1 Å². The fraction of sp³-hybridized carbons (Fsp3) is 0.188. The number of rotatable bonds is 3. The number of sulfonamides is 1. The highest BCUT2D eigenvalue weighted by molar-refractivity contribution is 9.10. The lowest BCUT2D eigenvalue weighted by molar-refractivity contribution is -0.122. The lowest BCUT2D eigenvalue weighted by atomic mass is 10.2. The number of nitrogens with zero attached hydrogens (tertiary/aromatic N) is 1. The molecule has 1 aliphatic heterocycles. The van der Waals surface area contributed by atoms with Crippen LogP contribution in [0.4, 0.5) is 11.4 Å². The summed E-state index contributed by atoms with van der Waals surface area (Å²) in [6, 6.07) is 11.7. The first-order valence-corrected chi connectivity index (χ1v) is 10.3. The molecule has 0 bridgehead atoms. The Hall–Kier alpha value is -1.77. The van der Waals surface area contributed by atoms with Gasteiger partial charge in [-0.05, 0) is 42.5 Å². The Bertz CT molecular complexity index is 918. The van der Waals surface area contributed by atoms with Crippen LogP contribution in [0.25, 0.3) is 0 Å². The normalized spacial score (nSPS) is 16.8. The van der Waals surface area contributed by atoms with E-state index in [-0.39, 0.29) is 12.3 Å². The second-order valence-corrected chi connectivity index (χ2v) is 8.77. The largest absolute Gasteiger partial charge is 0.476 e. The zero-order valence-corrected chi connectivity index (χ0v) is 16.2. The van der Waals surface area contributed by atoms with Gasteiger partial charge in [0.15, 0.2) is 6.10 Å². The summed E-state index contributed by atoms with van der Waals surface area (Å²) in [5.41, 5.74) is 0.910. The monoisotopic (exact) mass is 444 g/mol. The van der Waals surface area contributed by atoms with E-state index >= 15 is 0 Å². The Labute approximate surface area is 158 Å². The molecule has 25 heavy (non-hydrogen) atoms. The third kappa shape index (κ3) is 4.08. The van der Waals surface area contributed by atoms with Gasteiger partial charge in [-0.15, -0.1) is 0 Å². The molecular formula is C16H14BrClN2O4S. The number of halogens is 2. The number of hydrogen-bond acceptors (Lipinski definition) is 4. The van der Waals surface area contributed by atoms with Crippen molar-refractivity contribution in [2.45, 2.75) is 6.10 Å². The average molecular weight is 446 g/mol. The van der Waals surface area contributed by atoms with E-state index in [1.807, 2.05) is 0 Å². The van der Waals surface area contributed by atoms with E-state index in [9.17, 15) is 13.2 Å². The topological polar surface area (TPSA) is 75.7 Å². The van der Waals surface area contributed by atoms with Gasteiger partial charge in [0.05, 0.1) is 18.5 Å². The van der Waals surface area contributed by atoms with Crippen molar-refractivity contribution in [3.05, 3.63) is 52.0 Å². The summed E-state index contributed by atoms with van der Waals surface area (Å²) in [6.07, 6.45) is 0.0965. The molecule has 0 radical (unpaired) electrons. The minimum atomic E-state index is -3.59. The van der Waals surface area contributed by atoms with E-state index in [2.05, 4.69) is 21.2 Å². The molecule has 0 aromatic heterocycles. The van der Waals surface area contributed by atoms with E-state index in [4.69, 9.17) is 16.3 Å². The summed E-state index contributed by atoms with van der Waals surface area (Å²) < 4.78 is 31.9. The molecule has 1 N–H and O–H groups in total. The standard InChI is InChI=1S/C16H14BrClN2O4S/c1-25(22,23)20-9-15(24-14-7-4-11(18)8-13(14)20)16(21)19-12-5-2-10(17)3-6-12/h2-8,15H,9H2,1H3,(H,19,21). The highest BCUT2D eigenvalue weighted by Gasteiger charge is 2.35. The molecule has 6 nitrogen and oxygen atoms in total. The molecule has 132 valence electrons. The summed E-state index contributed by atoms with van der Waals surface area (Å²) in [7, 11) is -3.59. The van der Waals surface area contributed by atoms with Gasteiger partial charge in [0.2, 0.25) is 10.0 Å². The van der Waals surface area contributed by atoms with Crippen molar-refractivity contribution < 1.29 is 17.9 Å². The lowest BCUT2D eigenvalue weighted by Crippen LogP contribution is -2.48. The number of hydrogen-bond donors (Lipinski definition) is 1. The molecule has 0 saturated carbocycles. The number of carbonyl (C=O) groups excluding carboxylic acids is 1. The van der Waals surface area contributed by atoms with E-state index in [0.717, 1.165) is 15.0 Å². The zero-order valence-electron chi connectivity index (χ0n) is 13.1. The van der Waals surface area contributed by atoms with Crippen molar-refractivity contribution in [3.63, 3.8) is 0 Å². The fourth-order valence-electron chi connectivity index (χ4n) is 2.43. The van der Waals surface area contributed by atoms with Crippen molar-refractivity contribution >= 4 is 54.8 Å². The third-order valence-electron chi connectivity index (χ3n) is 3.60. The quantitative estimate of drug-likeness (QED) is 0.787. The number of carbonyl (C=O) groups is 1. The van der Waals surface area contributed by atoms with Crippen LogP contribution in [0, 0.1) is 0 Å². The van der Waals surface area contributed by atoms with Crippen molar-refractivity contribution in [2.75, 3.05) is 22.4 Å². The van der Waals surface area contributed by atoms with E-state index in [0.29, 0.717) is 16.4 Å². The van der Waals surface area contributed by atoms with Crippen molar-refractivity contribution in [1.82, 2.24) is 0 Å². The summed E-state index contributed by atoms with van der Waals surface area (Å²) in [6.45, 7) is -0.130. The molecule has 1 aliphatic rings. The molecule has 0 spiro atoms. The SMILES string of the molecule is CS(=O)(=O)N1CC(C(=O)Nc2ccc(Br)cc2)Oc2ccc(Cl)cc21. The number of benzene rings is 2. The van der Waals surface area contributed by atoms with Crippen LogP contribution in [-0.2, 0) is 14.8 Å². The average Bonchev–Trinajstić information content (AvgIpc) is 2.55. The van der Waals surface area contributed by atoms with Crippen molar-refractivity contribution in [2.24, 2.45) is 0 Å². The first kappa shape index (κ1) is 18.0. The second-order valence-electron chi connectivity index (χ2n) is 5.51. The molecular weight excluding hydrogens is 432 g/mol. The van der Waals surface area contributed by atoms with Gasteiger partial charge in [-0.3, -0.25) is 9.10 Å². The van der Waals surface area contributed by atoms with Gasteiger partial charge in [-0.25, -0.2) is 8.42 Å². The fourth-order valence-corrected chi connectivity index (χ4v) is 3.77. The molecule has 0 saturated heterocycles. The molecule has 0 fully saturated rings. The number of fused-ring (bicyclic) bond motifs is 1. The highest BCUT2D eigenvalue weighted by Crippen LogP contribution is 2.37. The van der Waals surface area contributed by atoms with Crippen LogP contribution >= 0.6 is 27.5 Å². The smallest absolute Gasteiger partial charge is 0.267 e. The second kappa shape index (κ2) is 6.86. The molecule has 2 aromatic rings. The molecule has 1 amide bonds. The van der Waals surface area contributed by atoms with Crippen LogP contribution < -0.4 is 14.4 Å². The molecule has 3 rings (SSSR count). The van der Waals surface area contributed by atoms with Crippen LogP contribution in [-0.4, -0.2) is 33.2 Å². The Morgan fingerprint density at radius 1 is 1.28 bits per heavy atom. The van der Waals surface area contributed by atoms with E-state index in [1.54, 1.807) is 36.4 Å². The number of amides is 1. The Balaban J connectivity index is 1.87. The molecule has 0 aliphatic carbocycles. The molecule has 1 heterocycles. The van der Waals surface area contributed by atoms with Gasteiger partial charge in [-0.2, -0.15) is 0 Å². The van der Waals surface area contributed by atoms with Crippen LogP contribution in [0.15, 0.2) is 46.9 Å². The predicted octanol–water partition coefficient (Wildman–Crippen LogP) is 3.27. The maximum atomic E-state index is 12.5. The van der Waals surface area contributed by atoms with Gasteiger partial charge in [0, 0.05) is 15.2 Å². The van der Waals surface area contributed by atoms with Crippen LogP contribution in [0.3, 0.4) is 0 Å². The van der Waals surface area contributed by atoms with Crippen molar-refractivity contribution in [3.8, 4) is 5.75 Å². The Morgan fingerprint density at radius 2 is 1.96 bits per heavy atom. The Kier molecular flexibility index (Phi) is 4.95. The molecule has 1 atom stereocenters. The number of anilines is 2. The van der Waals surface area contributed by atoms with Gasteiger partial charge >= 0.3 is 0 Å². The van der Waals surface area contributed by atoms with E-state index in [1.165, 1.54) is 6.07 Å².